The molecule has 0 bridgehead atoms. The first-order valence-electron chi connectivity index (χ1n) is 5.60. The predicted octanol–water partition coefficient (Wildman–Crippen LogP) is 0.641. The summed E-state index contributed by atoms with van der Waals surface area (Å²) in [6.07, 6.45) is 0. The van der Waals surface area contributed by atoms with E-state index in [4.69, 9.17) is 5.73 Å². The van der Waals surface area contributed by atoms with Crippen LogP contribution < -0.4 is 11.1 Å². The lowest BCUT2D eigenvalue weighted by Crippen LogP contribution is -2.23. The second-order valence-corrected chi connectivity index (χ2v) is 4.89. The number of nitrogens with two attached hydrogens (primary N) is 1. The van der Waals surface area contributed by atoms with Gasteiger partial charge in [-0.05, 0) is 17.5 Å². The third-order valence-corrected chi connectivity index (χ3v) is 3.43. The summed E-state index contributed by atoms with van der Waals surface area (Å²) in [4.78, 5) is 29.4. The molecular formula is C11H9N5O3S. The molecule has 102 valence electrons. The minimum Gasteiger partial charge on any atom is -0.361 e. The van der Waals surface area contributed by atoms with Gasteiger partial charge >= 0.3 is 11.8 Å². The first-order chi connectivity index (χ1) is 9.63. The SMILES string of the molecule is NC(=O)c1nc(CNC(=O)c2cc3sccc3[nH]2)no1. The van der Waals surface area contributed by atoms with E-state index in [9.17, 15) is 9.59 Å². The van der Waals surface area contributed by atoms with Crippen molar-refractivity contribution in [3.8, 4) is 0 Å². The summed E-state index contributed by atoms with van der Waals surface area (Å²) >= 11 is 1.54. The number of aromatic nitrogens is 3. The molecule has 9 heteroatoms. The molecule has 0 atom stereocenters. The minimum absolute atomic E-state index is 0.0439. The molecule has 8 nitrogen and oxygen atoms in total. The third-order valence-electron chi connectivity index (χ3n) is 2.57. The molecule has 3 heterocycles. The molecule has 0 spiro atoms. The highest BCUT2D eigenvalue weighted by atomic mass is 32.1. The Kier molecular flexibility index (Phi) is 2.95. The van der Waals surface area contributed by atoms with E-state index < -0.39 is 5.91 Å². The lowest BCUT2D eigenvalue weighted by atomic mass is 10.4. The van der Waals surface area contributed by atoms with Gasteiger partial charge in [0.25, 0.3) is 5.91 Å². The van der Waals surface area contributed by atoms with E-state index in [-0.39, 0.29) is 24.2 Å². The van der Waals surface area contributed by atoms with Crippen molar-refractivity contribution in [3.63, 3.8) is 0 Å². The second-order valence-electron chi connectivity index (χ2n) is 3.94. The molecule has 0 aliphatic rings. The van der Waals surface area contributed by atoms with Gasteiger partial charge in [-0.15, -0.1) is 11.3 Å². The molecule has 0 aromatic carbocycles. The molecule has 0 saturated heterocycles. The average molecular weight is 291 g/mol. The number of H-pyrrole nitrogens is 1. The number of carbonyl (C=O) groups excluding carboxylic acids is 2. The number of aromatic amines is 1. The van der Waals surface area contributed by atoms with Crippen molar-refractivity contribution in [3.05, 3.63) is 34.9 Å². The molecule has 4 N–H and O–H groups in total. The number of nitrogens with one attached hydrogen (secondary N) is 2. The molecule has 0 saturated carbocycles. The summed E-state index contributed by atoms with van der Waals surface area (Å²) in [5.41, 5.74) is 6.34. The maximum atomic E-state index is 11.9. The summed E-state index contributed by atoms with van der Waals surface area (Å²) in [6.45, 7) is 0.0439. The van der Waals surface area contributed by atoms with Gasteiger partial charge in [0.2, 0.25) is 0 Å². The molecule has 2 amide bonds. The Morgan fingerprint density at radius 3 is 3.05 bits per heavy atom. The van der Waals surface area contributed by atoms with Crippen LogP contribution in [0, 0.1) is 0 Å². The van der Waals surface area contributed by atoms with Gasteiger partial charge in [0.15, 0.2) is 5.82 Å². The Bertz CT molecular complexity index is 758. The third kappa shape index (κ3) is 2.26. The van der Waals surface area contributed by atoms with Crippen LogP contribution in [0.25, 0.3) is 10.2 Å². The van der Waals surface area contributed by atoms with Crippen molar-refractivity contribution in [2.24, 2.45) is 5.73 Å². The van der Waals surface area contributed by atoms with Gasteiger partial charge in [0.1, 0.15) is 5.69 Å². The van der Waals surface area contributed by atoms with Crippen LogP contribution in [0.15, 0.2) is 22.0 Å². The van der Waals surface area contributed by atoms with Gasteiger partial charge in [0.05, 0.1) is 16.8 Å². The Morgan fingerprint density at radius 1 is 1.50 bits per heavy atom. The highest BCUT2D eigenvalue weighted by Crippen LogP contribution is 2.21. The number of primary amides is 1. The lowest BCUT2D eigenvalue weighted by molar-refractivity contribution is 0.0941. The summed E-state index contributed by atoms with van der Waals surface area (Å²) in [5.74, 6) is -1.20. The Hall–Kier alpha value is -2.68. The van der Waals surface area contributed by atoms with Gasteiger partial charge in [-0.25, -0.2) is 0 Å². The Balaban J connectivity index is 1.66. The van der Waals surface area contributed by atoms with Gasteiger partial charge < -0.3 is 20.6 Å². The van der Waals surface area contributed by atoms with Crippen LogP contribution in [0.5, 0.6) is 0 Å². The fraction of sp³-hybridized carbons (Fsp3) is 0.0909. The summed E-state index contributed by atoms with van der Waals surface area (Å²) in [6, 6.07) is 3.66. The number of nitrogens with zero attached hydrogens (tertiary/aromatic N) is 2. The van der Waals surface area contributed by atoms with Crippen LogP contribution in [-0.2, 0) is 6.54 Å². The van der Waals surface area contributed by atoms with Gasteiger partial charge in [0, 0.05) is 0 Å². The molecule has 3 aromatic heterocycles. The van der Waals surface area contributed by atoms with Crippen LogP contribution in [0.4, 0.5) is 0 Å². The number of hydrogen-bond donors (Lipinski definition) is 3. The van der Waals surface area contributed by atoms with E-state index in [0.717, 1.165) is 10.2 Å². The first kappa shape index (κ1) is 12.4. The van der Waals surface area contributed by atoms with Gasteiger partial charge in [-0.3, -0.25) is 9.59 Å². The number of rotatable bonds is 4. The van der Waals surface area contributed by atoms with E-state index >= 15 is 0 Å². The highest BCUT2D eigenvalue weighted by Gasteiger charge is 2.14. The average Bonchev–Trinajstić information content (AvgIpc) is 3.10. The molecule has 0 aliphatic heterocycles. The standard InChI is InChI=1S/C11H9N5O3S/c12-9(17)11-15-8(16-19-11)4-13-10(18)6-3-7-5(14-6)1-2-20-7/h1-3,14H,4H2,(H2,12,17)(H,13,18). The molecule has 0 aliphatic carbocycles. The van der Waals surface area contributed by atoms with E-state index in [1.807, 2.05) is 11.4 Å². The zero-order valence-corrected chi connectivity index (χ0v) is 10.9. The smallest absolute Gasteiger partial charge is 0.315 e. The highest BCUT2D eigenvalue weighted by molar-refractivity contribution is 7.17. The van der Waals surface area contributed by atoms with Crippen LogP contribution in [0.1, 0.15) is 27.0 Å². The number of hydrogen-bond acceptors (Lipinski definition) is 6. The zero-order chi connectivity index (χ0) is 14.1. The monoisotopic (exact) mass is 291 g/mol. The minimum atomic E-state index is -0.806. The first-order valence-corrected chi connectivity index (χ1v) is 6.48. The van der Waals surface area contributed by atoms with Crippen molar-refractivity contribution >= 4 is 33.4 Å². The normalized spacial score (nSPS) is 10.8. The summed E-state index contributed by atoms with van der Waals surface area (Å²) < 4.78 is 5.61. The van der Waals surface area contributed by atoms with Gasteiger partial charge in [-0.2, -0.15) is 4.98 Å². The van der Waals surface area contributed by atoms with Crippen LogP contribution >= 0.6 is 11.3 Å². The summed E-state index contributed by atoms with van der Waals surface area (Å²) in [5, 5.41) is 8.08. The second kappa shape index (κ2) is 4.78. The maximum Gasteiger partial charge on any atom is 0.315 e. The van der Waals surface area contributed by atoms with Crippen LogP contribution in [-0.4, -0.2) is 26.9 Å². The molecule has 0 unspecified atom stereocenters. The zero-order valence-electron chi connectivity index (χ0n) is 10.0. The molecule has 0 fully saturated rings. The molecular weight excluding hydrogens is 282 g/mol. The van der Waals surface area contributed by atoms with Gasteiger partial charge in [-0.1, -0.05) is 5.16 Å². The van der Waals surface area contributed by atoms with Crippen molar-refractivity contribution < 1.29 is 14.1 Å². The number of thiophene rings is 1. The van der Waals surface area contributed by atoms with Crippen molar-refractivity contribution in [2.75, 3.05) is 0 Å². The largest absolute Gasteiger partial charge is 0.361 e. The van der Waals surface area contributed by atoms with Crippen molar-refractivity contribution in [2.45, 2.75) is 6.54 Å². The molecule has 3 rings (SSSR count). The van der Waals surface area contributed by atoms with Crippen LogP contribution in [0.2, 0.25) is 0 Å². The molecule has 20 heavy (non-hydrogen) atoms. The number of carbonyl (C=O) groups is 2. The van der Waals surface area contributed by atoms with Crippen molar-refractivity contribution in [1.82, 2.24) is 20.4 Å². The Morgan fingerprint density at radius 2 is 2.35 bits per heavy atom. The topological polar surface area (TPSA) is 127 Å². The van der Waals surface area contributed by atoms with Crippen molar-refractivity contribution in [1.29, 1.82) is 0 Å². The lowest BCUT2D eigenvalue weighted by Gasteiger charge is -1.99. The fourth-order valence-corrected chi connectivity index (χ4v) is 2.43. The summed E-state index contributed by atoms with van der Waals surface area (Å²) in [7, 11) is 0. The molecule has 0 radical (unpaired) electrons. The number of amides is 2. The van der Waals surface area contributed by atoms with E-state index in [1.165, 1.54) is 0 Å². The predicted molar refractivity (Wildman–Crippen MR) is 70.2 cm³/mol. The van der Waals surface area contributed by atoms with Crippen LogP contribution in [0.3, 0.4) is 0 Å². The molecule has 3 aromatic rings. The maximum absolute atomic E-state index is 11.9. The van der Waals surface area contributed by atoms with E-state index in [1.54, 1.807) is 17.4 Å². The quantitative estimate of drug-likeness (QED) is 0.650. The number of fused-ring (bicyclic) bond motifs is 1. The Labute approximate surface area is 116 Å². The van der Waals surface area contributed by atoms with E-state index in [2.05, 4.69) is 25.0 Å². The van der Waals surface area contributed by atoms with E-state index in [0.29, 0.717) is 5.69 Å². The fourth-order valence-electron chi connectivity index (χ4n) is 1.65.